The van der Waals surface area contributed by atoms with Crippen LogP contribution in [0.5, 0.6) is 5.75 Å². The summed E-state index contributed by atoms with van der Waals surface area (Å²) in [6, 6.07) is 1.23. The van der Waals surface area contributed by atoms with Gasteiger partial charge in [0.25, 0.3) is 11.5 Å². The van der Waals surface area contributed by atoms with E-state index in [1.807, 2.05) is 0 Å². The number of hydrogen-bond donors (Lipinski definition) is 2. The molecule has 8 heteroatoms. The van der Waals surface area contributed by atoms with E-state index in [9.17, 15) is 9.59 Å². The number of H-pyrrole nitrogens is 1. The molecule has 0 aromatic carbocycles. The molecule has 0 unspecified atom stereocenters. The molecule has 2 aromatic heterocycles. The van der Waals surface area contributed by atoms with Crippen molar-refractivity contribution in [1.82, 2.24) is 14.3 Å². The summed E-state index contributed by atoms with van der Waals surface area (Å²) < 4.78 is 9.26. The van der Waals surface area contributed by atoms with E-state index >= 15 is 0 Å². The van der Waals surface area contributed by atoms with Crippen molar-refractivity contribution in [3.05, 3.63) is 34.0 Å². The Bertz CT molecular complexity index is 720. The number of methoxy groups -OCH3 is 1. The van der Waals surface area contributed by atoms with Gasteiger partial charge in [-0.05, 0) is 18.8 Å². The van der Waals surface area contributed by atoms with Gasteiger partial charge in [0.1, 0.15) is 11.6 Å². The van der Waals surface area contributed by atoms with Gasteiger partial charge >= 0.3 is 0 Å². The van der Waals surface area contributed by atoms with E-state index in [4.69, 9.17) is 4.74 Å². The van der Waals surface area contributed by atoms with Crippen molar-refractivity contribution in [3.63, 3.8) is 0 Å². The minimum atomic E-state index is -0.391. The second-order valence-corrected chi connectivity index (χ2v) is 5.65. The normalized spacial score (nSPS) is 14.0. The Labute approximate surface area is 124 Å². The van der Waals surface area contributed by atoms with Gasteiger partial charge < -0.3 is 9.72 Å². The lowest BCUT2D eigenvalue weighted by Gasteiger charge is -2.06. The second kappa shape index (κ2) is 5.65. The molecule has 7 nitrogen and oxygen atoms in total. The molecule has 1 aliphatic carbocycles. The Balaban J connectivity index is 1.73. The number of aromatic nitrogens is 3. The lowest BCUT2D eigenvalue weighted by molar-refractivity contribution is 0.102. The molecule has 0 spiro atoms. The predicted molar refractivity (Wildman–Crippen MR) is 77.9 cm³/mol. The standard InChI is InChI=1S/C13H14N4O3S/c1-20-9-5-11(18)14-6-8(9)12(19)16-13-15-10(17-21-13)4-7-2-3-7/h5-7H,2-4H2,1H3,(H,14,18)(H,15,16,17,19). The van der Waals surface area contributed by atoms with Crippen molar-refractivity contribution in [2.45, 2.75) is 19.3 Å². The number of amides is 1. The number of nitrogens with zero attached hydrogens (tertiary/aromatic N) is 2. The smallest absolute Gasteiger partial charge is 0.262 e. The van der Waals surface area contributed by atoms with Gasteiger partial charge in [0.2, 0.25) is 5.13 Å². The van der Waals surface area contributed by atoms with Crippen molar-refractivity contribution >= 4 is 22.6 Å². The molecule has 2 aromatic rings. The van der Waals surface area contributed by atoms with Crippen LogP contribution in [0.25, 0.3) is 0 Å². The van der Waals surface area contributed by atoms with E-state index < -0.39 is 5.91 Å². The number of nitrogens with one attached hydrogen (secondary N) is 2. The molecule has 0 radical (unpaired) electrons. The van der Waals surface area contributed by atoms with Gasteiger partial charge in [-0.3, -0.25) is 14.9 Å². The molecule has 1 amide bonds. The zero-order valence-electron chi connectivity index (χ0n) is 11.4. The fourth-order valence-electron chi connectivity index (χ4n) is 1.93. The first-order chi connectivity index (χ1) is 10.2. The van der Waals surface area contributed by atoms with E-state index in [1.165, 1.54) is 32.2 Å². The maximum atomic E-state index is 12.2. The maximum absolute atomic E-state index is 12.2. The minimum absolute atomic E-state index is 0.221. The lowest BCUT2D eigenvalue weighted by Crippen LogP contribution is -2.16. The molecule has 0 aliphatic heterocycles. The number of carbonyl (C=O) groups is 1. The number of carbonyl (C=O) groups excluding carboxylic acids is 1. The van der Waals surface area contributed by atoms with Crippen LogP contribution in [0, 0.1) is 5.92 Å². The molecule has 3 rings (SSSR count). The van der Waals surface area contributed by atoms with E-state index in [1.54, 1.807) is 0 Å². The first-order valence-electron chi connectivity index (χ1n) is 6.56. The van der Waals surface area contributed by atoms with Gasteiger partial charge in [-0.1, -0.05) is 0 Å². The Hall–Kier alpha value is -2.22. The molecule has 0 bridgehead atoms. The highest BCUT2D eigenvalue weighted by Crippen LogP contribution is 2.32. The van der Waals surface area contributed by atoms with Crippen LogP contribution < -0.4 is 15.6 Å². The monoisotopic (exact) mass is 306 g/mol. The van der Waals surface area contributed by atoms with Gasteiger partial charge in [0.05, 0.1) is 12.7 Å². The van der Waals surface area contributed by atoms with Gasteiger partial charge in [0, 0.05) is 30.2 Å². The summed E-state index contributed by atoms with van der Waals surface area (Å²) >= 11 is 1.15. The third-order valence-electron chi connectivity index (χ3n) is 3.21. The van der Waals surface area contributed by atoms with Gasteiger partial charge in [-0.25, -0.2) is 4.98 Å². The quantitative estimate of drug-likeness (QED) is 0.871. The summed E-state index contributed by atoms with van der Waals surface area (Å²) in [5.41, 5.74) is -0.0814. The molecular weight excluding hydrogens is 292 g/mol. The Morgan fingerprint density at radius 2 is 2.38 bits per heavy atom. The van der Waals surface area contributed by atoms with Crippen LogP contribution in [-0.2, 0) is 6.42 Å². The summed E-state index contributed by atoms with van der Waals surface area (Å²) in [5.74, 6) is 1.30. The number of rotatable bonds is 5. The van der Waals surface area contributed by atoms with Crippen molar-refractivity contribution in [2.24, 2.45) is 5.92 Å². The van der Waals surface area contributed by atoms with E-state index in [-0.39, 0.29) is 16.9 Å². The summed E-state index contributed by atoms with van der Waals surface area (Å²) in [6.07, 6.45) is 4.65. The predicted octanol–water partition coefficient (Wildman–Crippen LogP) is 1.44. The van der Waals surface area contributed by atoms with Crippen LogP contribution in [0.2, 0.25) is 0 Å². The number of hydrogen-bond acceptors (Lipinski definition) is 6. The van der Waals surface area contributed by atoms with Crippen LogP contribution in [0.4, 0.5) is 5.13 Å². The maximum Gasteiger partial charge on any atom is 0.262 e. The molecule has 1 fully saturated rings. The summed E-state index contributed by atoms with van der Waals surface area (Å²) in [6.45, 7) is 0. The average Bonchev–Trinajstić information content (AvgIpc) is 3.17. The summed E-state index contributed by atoms with van der Waals surface area (Å²) in [5, 5.41) is 3.12. The highest BCUT2D eigenvalue weighted by atomic mass is 32.1. The van der Waals surface area contributed by atoms with E-state index in [0.29, 0.717) is 11.0 Å². The topological polar surface area (TPSA) is 97.0 Å². The number of anilines is 1. The van der Waals surface area contributed by atoms with Crippen LogP contribution in [-0.4, -0.2) is 27.4 Å². The lowest BCUT2D eigenvalue weighted by atomic mass is 10.2. The van der Waals surface area contributed by atoms with Crippen LogP contribution >= 0.6 is 11.5 Å². The first-order valence-corrected chi connectivity index (χ1v) is 7.33. The Morgan fingerprint density at radius 3 is 3.10 bits per heavy atom. The highest BCUT2D eigenvalue weighted by Gasteiger charge is 2.24. The Kier molecular flexibility index (Phi) is 3.70. The van der Waals surface area contributed by atoms with Crippen molar-refractivity contribution in [1.29, 1.82) is 0 Å². The Morgan fingerprint density at radius 1 is 1.57 bits per heavy atom. The highest BCUT2D eigenvalue weighted by molar-refractivity contribution is 7.09. The fraction of sp³-hybridized carbons (Fsp3) is 0.385. The third kappa shape index (κ3) is 3.27. The first kappa shape index (κ1) is 13.7. The number of ether oxygens (including phenoxy) is 1. The molecule has 2 heterocycles. The zero-order valence-corrected chi connectivity index (χ0v) is 12.2. The van der Waals surface area contributed by atoms with Crippen LogP contribution in [0.1, 0.15) is 29.0 Å². The average molecular weight is 306 g/mol. The third-order valence-corrected chi connectivity index (χ3v) is 3.88. The number of pyridine rings is 1. The molecule has 1 saturated carbocycles. The van der Waals surface area contributed by atoms with Crippen LogP contribution in [0.3, 0.4) is 0 Å². The van der Waals surface area contributed by atoms with Crippen molar-refractivity contribution in [2.75, 3.05) is 12.4 Å². The molecule has 110 valence electrons. The molecule has 1 aliphatic rings. The van der Waals surface area contributed by atoms with Crippen molar-refractivity contribution in [3.8, 4) is 5.75 Å². The van der Waals surface area contributed by atoms with Gasteiger partial charge in [0.15, 0.2) is 0 Å². The van der Waals surface area contributed by atoms with E-state index in [0.717, 1.165) is 23.8 Å². The second-order valence-electron chi connectivity index (χ2n) is 4.90. The summed E-state index contributed by atoms with van der Waals surface area (Å²) in [7, 11) is 1.41. The van der Waals surface area contributed by atoms with E-state index in [2.05, 4.69) is 19.7 Å². The molecule has 0 saturated heterocycles. The molecule has 2 N–H and O–H groups in total. The van der Waals surface area contributed by atoms with Gasteiger partial charge in [-0.15, -0.1) is 0 Å². The summed E-state index contributed by atoms with van der Waals surface area (Å²) in [4.78, 5) is 30.1. The minimum Gasteiger partial charge on any atom is -0.496 e. The van der Waals surface area contributed by atoms with Crippen LogP contribution in [0.15, 0.2) is 17.1 Å². The van der Waals surface area contributed by atoms with Gasteiger partial charge in [-0.2, -0.15) is 4.37 Å². The SMILES string of the molecule is COc1cc(=O)[nH]cc1C(=O)Nc1nc(CC2CC2)ns1. The van der Waals surface area contributed by atoms with Crippen molar-refractivity contribution < 1.29 is 9.53 Å². The largest absolute Gasteiger partial charge is 0.496 e. The fourth-order valence-corrected chi connectivity index (χ4v) is 2.52. The molecular formula is C13H14N4O3S. The molecule has 21 heavy (non-hydrogen) atoms. The number of aromatic amines is 1. The zero-order chi connectivity index (χ0) is 14.8. The molecule has 0 atom stereocenters.